The Morgan fingerprint density at radius 2 is 2.07 bits per heavy atom. The van der Waals surface area contributed by atoms with Crippen LogP contribution in [0.25, 0.3) is 0 Å². The SMILES string of the molecule is COCCOCCCCNCC(C)C#N. The van der Waals surface area contributed by atoms with E-state index in [-0.39, 0.29) is 5.92 Å². The highest BCUT2D eigenvalue weighted by atomic mass is 16.5. The van der Waals surface area contributed by atoms with Crippen molar-refractivity contribution in [2.24, 2.45) is 5.92 Å². The van der Waals surface area contributed by atoms with Crippen LogP contribution in [0, 0.1) is 17.2 Å². The lowest BCUT2D eigenvalue weighted by Crippen LogP contribution is -2.21. The largest absolute Gasteiger partial charge is 0.382 e. The van der Waals surface area contributed by atoms with E-state index in [1.54, 1.807) is 7.11 Å². The first-order valence-electron chi connectivity index (χ1n) is 5.48. The first-order chi connectivity index (χ1) is 7.31. The summed E-state index contributed by atoms with van der Waals surface area (Å²) in [6.07, 6.45) is 2.14. The molecule has 0 aromatic heterocycles. The zero-order chi connectivity index (χ0) is 11.4. The number of nitrogens with one attached hydrogen (secondary N) is 1. The highest BCUT2D eigenvalue weighted by Crippen LogP contribution is 1.91. The van der Waals surface area contributed by atoms with Gasteiger partial charge in [0.25, 0.3) is 0 Å². The van der Waals surface area contributed by atoms with Crippen LogP contribution in [-0.4, -0.2) is 40.0 Å². The summed E-state index contributed by atoms with van der Waals surface area (Å²) in [5.41, 5.74) is 0. The Morgan fingerprint density at radius 1 is 1.27 bits per heavy atom. The summed E-state index contributed by atoms with van der Waals surface area (Å²) in [6.45, 7) is 5.79. The number of methoxy groups -OCH3 is 1. The van der Waals surface area contributed by atoms with E-state index in [1.807, 2.05) is 6.92 Å². The molecule has 0 heterocycles. The molecule has 1 atom stereocenters. The monoisotopic (exact) mass is 214 g/mol. The molecular formula is C11H22N2O2. The van der Waals surface area contributed by atoms with Gasteiger partial charge in [0.15, 0.2) is 0 Å². The molecule has 0 fully saturated rings. The van der Waals surface area contributed by atoms with Gasteiger partial charge in [-0.3, -0.25) is 0 Å². The average molecular weight is 214 g/mol. The summed E-state index contributed by atoms with van der Waals surface area (Å²) in [7, 11) is 1.67. The molecule has 0 saturated heterocycles. The van der Waals surface area contributed by atoms with Gasteiger partial charge >= 0.3 is 0 Å². The smallest absolute Gasteiger partial charge is 0.0700 e. The summed E-state index contributed by atoms with van der Waals surface area (Å²) < 4.78 is 10.2. The van der Waals surface area contributed by atoms with Crippen molar-refractivity contribution in [3.63, 3.8) is 0 Å². The van der Waals surface area contributed by atoms with Gasteiger partial charge in [-0.05, 0) is 26.3 Å². The van der Waals surface area contributed by atoms with E-state index in [0.717, 1.165) is 32.5 Å². The van der Waals surface area contributed by atoms with E-state index in [2.05, 4.69) is 11.4 Å². The second-order valence-corrected chi connectivity index (χ2v) is 3.55. The Labute approximate surface area is 92.6 Å². The van der Waals surface area contributed by atoms with Crippen LogP contribution in [0.2, 0.25) is 0 Å². The van der Waals surface area contributed by atoms with Crippen LogP contribution in [0.5, 0.6) is 0 Å². The van der Waals surface area contributed by atoms with E-state index < -0.39 is 0 Å². The van der Waals surface area contributed by atoms with Crippen LogP contribution in [0.4, 0.5) is 0 Å². The number of nitriles is 1. The van der Waals surface area contributed by atoms with Crippen LogP contribution in [-0.2, 0) is 9.47 Å². The number of nitrogens with zero attached hydrogens (tertiary/aromatic N) is 1. The quantitative estimate of drug-likeness (QED) is 0.555. The van der Waals surface area contributed by atoms with E-state index in [1.165, 1.54) is 0 Å². The number of ether oxygens (including phenoxy) is 2. The highest BCUT2D eigenvalue weighted by molar-refractivity contribution is 4.79. The maximum Gasteiger partial charge on any atom is 0.0700 e. The summed E-state index contributed by atoms with van der Waals surface area (Å²) in [4.78, 5) is 0. The molecule has 0 spiro atoms. The van der Waals surface area contributed by atoms with Crippen molar-refractivity contribution < 1.29 is 9.47 Å². The molecule has 1 unspecified atom stereocenters. The number of hydrogen-bond donors (Lipinski definition) is 1. The van der Waals surface area contributed by atoms with Crippen molar-refractivity contribution in [1.82, 2.24) is 5.32 Å². The van der Waals surface area contributed by atoms with E-state index in [9.17, 15) is 0 Å². The average Bonchev–Trinajstić information content (AvgIpc) is 2.26. The third kappa shape index (κ3) is 11.3. The van der Waals surface area contributed by atoms with Crippen molar-refractivity contribution >= 4 is 0 Å². The van der Waals surface area contributed by atoms with Gasteiger partial charge in [0.2, 0.25) is 0 Å². The maximum atomic E-state index is 8.54. The lowest BCUT2D eigenvalue weighted by atomic mass is 10.2. The summed E-state index contributed by atoms with van der Waals surface area (Å²) >= 11 is 0. The molecule has 4 nitrogen and oxygen atoms in total. The highest BCUT2D eigenvalue weighted by Gasteiger charge is 1.97. The fourth-order valence-electron chi connectivity index (χ4n) is 1.06. The van der Waals surface area contributed by atoms with Crippen LogP contribution >= 0.6 is 0 Å². The third-order valence-corrected chi connectivity index (χ3v) is 1.99. The van der Waals surface area contributed by atoms with Crippen molar-refractivity contribution in [3.8, 4) is 6.07 Å². The Morgan fingerprint density at radius 3 is 2.73 bits per heavy atom. The molecule has 0 aliphatic carbocycles. The van der Waals surface area contributed by atoms with Gasteiger partial charge in [0, 0.05) is 20.3 Å². The van der Waals surface area contributed by atoms with E-state index in [0.29, 0.717) is 13.2 Å². The molecule has 4 heteroatoms. The molecule has 0 saturated carbocycles. The molecule has 0 radical (unpaired) electrons. The lowest BCUT2D eigenvalue weighted by molar-refractivity contribution is 0.0688. The predicted octanol–water partition coefficient (Wildman–Crippen LogP) is 1.18. The zero-order valence-corrected chi connectivity index (χ0v) is 9.79. The first kappa shape index (κ1) is 14.4. The number of unbranched alkanes of at least 4 members (excludes halogenated alkanes) is 1. The maximum absolute atomic E-state index is 8.54. The van der Waals surface area contributed by atoms with Crippen molar-refractivity contribution in [3.05, 3.63) is 0 Å². The fraction of sp³-hybridized carbons (Fsp3) is 0.909. The second kappa shape index (κ2) is 11.4. The van der Waals surface area contributed by atoms with Crippen LogP contribution in [0.3, 0.4) is 0 Å². The summed E-state index contributed by atoms with van der Waals surface area (Å²) in [6, 6.07) is 2.19. The Kier molecular flexibility index (Phi) is 11.0. The van der Waals surface area contributed by atoms with Crippen molar-refractivity contribution in [2.75, 3.05) is 40.0 Å². The van der Waals surface area contributed by atoms with Gasteiger partial charge in [-0.25, -0.2) is 0 Å². The fourth-order valence-corrected chi connectivity index (χ4v) is 1.06. The Hall–Kier alpha value is -0.630. The standard InChI is InChI=1S/C11H22N2O2/c1-11(9-12)10-13-5-3-4-6-15-8-7-14-2/h11,13H,3-8,10H2,1-2H3. The second-order valence-electron chi connectivity index (χ2n) is 3.55. The third-order valence-electron chi connectivity index (χ3n) is 1.99. The van der Waals surface area contributed by atoms with Crippen LogP contribution in [0.15, 0.2) is 0 Å². The molecule has 1 N–H and O–H groups in total. The van der Waals surface area contributed by atoms with Crippen LogP contribution in [0.1, 0.15) is 19.8 Å². The topological polar surface area (TPSA) is 54.3 Å². The molecule has 0 aromatic rings. The number of rotatable bonds is 10. The molecular weight excluding hydrogens is 192 g/mol. The summed E-state index contributed by atoms with van der Waals surface area (Å²) in [5.74, 6) is 0.1000. The number of hydrogen-bond acceptors (Lipinski definition) is 4. The minimum Gasteiger partial charge on any atom is -0.382 e. The van der Waals surface area contributed by atoms with E-state index >= 15 is 0 Å². The molecule has 88 valence electrons. The molecule has 0 bridgehead atoms. The van der Waals surface area contributed by atoms with Crippen molar-refractivity contribution in [1.29, 1.82) is 5.26 Å². The summed E-state index contributed by atoms with van der Waals surface area (Å²) in [5, 5.41) is 11.8. The van der Waals surface area contributed by atoms with Gasteiger partial charge in [0.1, 0.15) is 0 Å². The first-order valence-corrected chi connectivity index (χ1v) is 5.48. The van der Waals surface area contributed by atoms with Gasteiger partial charge in [0.05, 0.1) is 25.2 Å². The molecule has 0 amide bonds. The Bertz CT molecular complexity index is 168. The predicted molar refractivity (Wildman–Crippen MR) is 59.6 cm³/mol. The van der Waals surface area contributed by atoms with Gasteiger partial charge in [-0.15, -0.1) is 0 Å². The Balaban J connectivity index is 2.96. The minimum atomic E-state index is 0.1000. The van der Waals surface area contributed by atoms with Gasteiger partial charge in [-0.1, -0.05) is 0 Å². The molecule has 15 heavy (non-hydrogen) atoms. The molecule has 0 aliphatic rings. The molecule has 0 rings (SSSR count). The van der Waals surface area contributed by atoms with E-state index in [4.69, 9.17) is 14.7 Å². The van der Waals surface area contributed by atoms with Crippen molar-refractivity contribution in [2.45, 2.75) is 19.8 Å². The minimum absolute atomic E-state index is 0.1000. The lowest BCUT2D eigenvalue weighted by Gasteiger charge is -2.06. The molecule has 0 aliphatic heterocycles. The van der Waals surface area contributed by atoms with Crippen LogP contribution < -0.4 is 5.32 Å². The zero-order valence-electron chi connectivity index (χ0n) is 9.79. The van der Waals surface area contributed by atoms with Gasteiger partial charge < -0.3 is 14.8 Å². The molecule has 0 aromatic carbocycles. The van der Waals surface area contributed by atoms with Gasteiger partial charge in [-0.2, -0.15) is 5.26 Å². The normalized spacial score (nSPS) is 12.3.